The minimum Gasteiger partial charge on any atom is -0.354 e. The fraction of sp³-hybridized carbons (Fsp3) is 0.833. The van der Waals surface area contributed by atoms with E-state index in [2.05, 4.69) is 10.9 Å². The lowest BCUT2D eigenvalue weighted by Crippen LogP contribution is -2.46. The lowest BCUT2D eigenvalue weighted by molar-refractivity contribution is 0.512. The number of nitrogens with zero attached hydrogens (tertiary/aromatic N) is 1. The molecule has 0 unspecified atom stereocenters. The summed E-state index contributed by atoms with van der Waals surface area (Å²) in [4.78, 5) is 1.84. The molecule has 0 spiro atoms. The summed E-state index contributed by atoms with van der Waals surface area (Å²) >= 11 is 4.95. The van der Waals surface area contributed by atoms with Gasteiger partial charge in [-0.1, -0.05) is 0 Å². The van der Waals surface area contributed by atoms with E-state index in [1.807, 2.05) is 32.8 Å². The van der Waals surface area contributed by atoms with Crippen LogP contribution >= 0.6 is 12.2 Å². The lowest BCUT2D eigenvalue weighted by atomic mass is 10.4. The van der Waals surface area contributed by atoms with Crippen molar-refractivity contribution < 1.29 is 0 Å². The van der Waals surface area contributed by atoms with E-state index in [1.54, 1.807) is 0 Å². The van der Waals surface area contributed by atoms with E-state index in [-0.39, 0.29) is 0 Å². The molecule has 4 heteroatoms. The predicted octanol–water partition coefficient (Wildman–Crippen LogP) is 0.335. The van der Waals surface area contributed by atoms with Crippen molar-refractivity contribution in [2.75, 3.05) is 14.1 Å². The molecule has 0 heterocycles. The fourth-order valence-corrected chi connectivity index (χ4v) is 0.377. The molecular formula is C6H15N3S. The van der Waals surface area contributed by atoms with Gasteiger partial charge in [0.2, 0.25) is 0 Å². The second-order valence-corrected chi connectivity index (χ2v) is 3.01. The number of rotatable bonds is 2. The summed E-state index contributed by atoms with van der Waals surface area (Å²) in [6, 6.07) is 0.401. The molecule has 0 radical (unpaired) electrons. The van der Waals surface area contributed by atoms with Crippen LogP contribution in [0.25, 0.3) is 0 Å². The zero-order valence-corrected chi connectivity index (χ0v) is 7.75. The Morgan fingerprint density at radius 2 is 1.90 bits per heavy atom. The maximum Gasteiger partial charge on any atom is 0.182 e. The normalized spacial score (nSPS) is 9.70. The molecule has 0 fully saturated rings. The van der Waals surface area contributed by atoms with Crippen molar-refractivity contribution in [1.29, 1.82) is 0 Å². The van der Waals surface area contributed by atoms with Crippen molar-refractivity contribution >= 4 is 17.3 Å². The Morgan fingerprint density at radius 1 is 1.40 bits per heavy atom. The van der Waals surface area contributed by atoms with Crippen molar-refractivity contribution in [3.63, 3.8) is 0 Å². The summed E-state index contributed by atoms with van der Waals surface area (Å²) in [5, 5.41) is 0.703. The van der Waals surface area contributed by atoms with Crippen molar-refractivity contribution in [3.05, 3.63) is 0 Å². The summed E-state index contributed by atoms with van der Waals surface area (Å²) in [7, 11) is 3.80. The van der Waals surface area contributed by atoms with Gasteiger partial charge in [-0.15, -0.1) is 0 Å². The van der Waals surface area contributed by atoms with Crippen LogP contribution < -0.4 is 10.9 Å². The van der Waals surface area contributed by atoms with Crippen molar-refractivity contribution in [1.82, 2.24) is 15.8 Å². The van der Waals surface area contributed by atoms with Gasteiger partial charge in [0.15, 0.2) is 5.11 Å². The second kappa shape index (κ2) is 4.46. The van der Waals surface area contributed by atoms with Crippen LogP contribution in [0.2, 0.25) is 0 Å². The largest absolute Gasteiger partial charge is 0.354 e. The van der Waals surface area contributed by atoms with Gasteiger partial charge in [-0.3, -0.25) is 5.43 Å². The zero-order chi connectivity index (χ0) is 8.15. The lowest BCUT2D eigenvalue weighted by Gasteiger charge is -2.17. The van der Waals surface area contributed by atoms with Crippen LogP contribution in [0, 0.1) is 0 Å². The predicted molar refractivity (Wildman–Crippen MR) is 47.7 cm³/mol. The van der Waals surface area contributed by atoms with E-state index in [1.165, 1.54) is 0 Å². The van der Waals surface area contributed by atoms with Crippen LogP contribution in [-0.4, -0.2) is 30.1 Å². The molecule has 2 N–H and O–H groups in total. The van der Waals surface area contributed by atoms with E-state index < -0.39 is 0 Å². The first-order chi connectivity index (χ1) is 4.54. The fourth-order valence-electron chi connectivity index (χ4n) is 0.318. The summed E-state index contributed by atoms with van der Waals surface area (Å²) < 4.78 is 0. The Hall–Kier alpha value is -0.350. The zero-order valence-electron chi connectivity index (χ0n) is 6.93. The van der Waals surface area contributed by atoms with Crippen molar-refractivity contribution in [2.45, 2.75) is 19.9 Å². The van der Waals surface area contributed by atoms with Crippen LogP contribution in [0.3, 0.4) is 0 Å². The Morgan fingerprint density at radius 3 is 2.20 bits per heavy atom. The van der Waals surface area contributed by atoms with Gasteiger partial charge in [-0.25, -0.2) is 5.43 Å². The van der Waals surface area contributed by atoms with Gasteiger partial charge >= 0.3 is 0 Å². The second-order valence-electron chi connectivity index (χ2n) is 2.62. The van der Waals surface area contributed by atoms with Crippen LogP contribution in [0.5, 0.6) is 0 Å². The van der Waals surface area contributed by atoms with Gasteiger partial charge in [0, 0.05) is 20.1 Å². The number of nitrogens with one attached hydrogen (secondary N) is 2. The van der Waals surface area contributed by atoms with Gasteiger partial charge in [-0.2, -0.15) is 0 Å². The number of hydrogen-bond donors (Lipinski definition) is 2. The first-order valence-corrected chi connectivity index (χ1v) is 3.67. The molecule has 60 valence electrons. The quantitative estimate of drug-likeness (QED) is 0.451. The summed E-state index contributed by atoms with van der Waals surface area (Å²) in [6.07, 6.45) is 0. The Labute approximate surface area is 67.8 Å². The van der Waals surface area contributed by atoms with Crippen LogP contribution in [0.1, 0.15) is 13.8 Å². The highest BCUT2D eigenvalue weighted by Gasteiger charge is 1.96. The van der Waals surface area contributed by atoms with Gasteiger partial charge in [-0.05, 0) is 26.1 Å². The molecule has 0 atom stereocenters. The van der Waals surface area contributed by atoms with Gasteiger partial charge in [0.1, 0.15) is 0 Å². The first kappa shape index (κ1) is 9.65. The molecule has 0 aliphatic rings. The average molecular weight is 161 g/mol. The molecule has 10 heavy (non-hydrogen) atoms. The number of hydrogen-bond acceptors (Lipinski definition) is 2. The minimum absolute atomic E-state index is 0.401. The number of hydrazine groups is 1. The van der Waals surface area contributed by atoms with Crippen LogP contribution in [-0.2, 0) is 0 Å². The summed E-state index contributed by atoms with van der Waals surface area (Å²) in [6.45, 7) is 4.09. The van der Waals surface area contributed by atoms with E-state index in [4.69, 9.17) is 12.2 Å². The van der Waals surface area contributed by atoms with Crippen molar-refractivity contribution in [2.24, 2.45) is 0 Å². The molecule has 0 aliphatic carbocycles. The van der Waals surface area contributed by atoms with E-state index >= 15 is 0 Å². The molecule has 0 saturated carbocycles. The average Bonchev–Trinajstić information content (AvgIpc) is 1.82. The summed E-state index contributed by atoms with van der Waals surface area (Å²) in [5.41, 5.74) is 5.88. The standard InChI is InChI=1S/C6H15N3S/c1-5(2)7-8-6(10)9(3)4/h5,7H,1-4H3,(H,8,10). The molecule has 0 aliphatic heterocycles. The third-order valence-electron chi connectivity index (χ3n) is 0.874. The molecule has 0 aromatic carbocycles. The van der Waals surface area contributed by atoms with E-state index in [9.17, 15) is 0 Å². The smallest absolute Gasteiger partial charge is 0.182 e. The Bertz CT molecular complexity index is 112. The molecule has 0 amide bonds. The highest BCUT2D eigenvalue weighted by atomic mass is 32.1. The third kappa shape index (κ3) is 4.52. The van der Waals surface area contributed by atoms with Gasteiger partial charge in [0.05, 0.1) is 0 Å². The maximum atomic E-state index is 4.95. The molecule has 0 saturated heterocycles. The summed E-state index contributed by atoms with van der Waals surface area (Å²) in [5.74, 6) is 0. The number of thiocarbonyl (C=S) groups is 1. The van der Waals surface area contributed by atoms with Crippen molar-refractivity contribution in [3.8, 4) is 0 Å². The van der Waals surface area contributed by atoms with Gasteiger partial charge < -0.3 is 4.90 Å². The van der Waals surface area contributed by atoms with E-state index in [0.29, 0.717) is 11.2 Å². The van der Waals surface area contributed by atoms with Gasteiger partial charge in [0.25, 0.3) is 0 Å². The van der Waals surface area contributed by atoms with Crippen LogP contribution in [0.4, 0.5) is 0 Å². The Kier molecular flexibility index (Phi) is 4.31. The van der Waals surface area contributed by atoms with Crippen LogP contribution in [0.15, 0.2) is 0 Å². The molecular weight excluding hydrogens is 146 g/mol. The monoisotopic (exact) mass is 161 g/mol. The molecule has 0 aromatic heterocycles. The molecule has 0 aromatic rings. The maximum absolute atomic E-state index is 4.95. The topological polar surface area (TPSA) is 27.3 Å². The molecule has 3 nitrogen and oxygen atoms in total. The third-order valence-corrected chi connectivity index (χ3v) is 1.34. The molecule has 0 bridgehead atoms. The Balaban J connectivity index is 3.40. The highest BCUT2D eigenvalue weighted by Crippen LogP contribution is 1.77. The van der Waals surface area contributed by atoms with E-state index in [0.717, 1.165) is 0 Å². The molecule has 0 rings (SSSR count). The highest BCUT2D eigenvalue weighted by molar-refractivity contribution is 7.80. The first-order valence-electron chi connectivity index (χ1n) is 3.27. The SMILES string of the molecule is CC(C)NNC(=S)N(C)C. The minimum atomic E-state index is 0.401.